The van der Waals surface area contributed by atoms with Gasteiger partial charge in [-0.15, -0.1) is 0 Å². The molecule has 0 aliphatic rings. The number of amides is 2. The number of hydrogen-bond acceptors (Lipinski definition) is 5. The maximum Gasteiger partial charge on any atom is 0.364 e. The molecule has 0 spiro atoms. The van der Waals surface area contributed by atoms with Crippen LogP contribution in [0.15, 0.2) is 60.3 Å². The second-order valence-corrected chi connectivity index (χ2v) is 8.98. The lowest BCUT2D eigenvalue weighted by molar-refractivity contribution is -0.125. The molecule has 0 bridgehead atoms. The zero-order valence-corrected chi connectivity index (χ0v) is 19.6. The third kappa shape index (κ3) is 6.28. The fourth-order valence-electron chi connectivity index (χ4n) is 2.77. The molecule has 2 aromatic rings. The van der Waals surface area contributed by atoms with Gasteiger partial charge in [-0.3, -0.25) is 14.2 Å². The van der Waals surface area contributed by atoms with Crippen molar-refractivity contribution in [3.8, 4) is 0 Å². The molecule has 0 radical (unpaired) electrons. The smallest absolute Gasteiger partial charge is 0.343 e. The molecule has 2 amide bonds. The van der Waals surface area contributed by atoms with E-state index in [0.29, 0.717) is 16.1 Å². The summed E-state index contributed by atoms with van der Waals surface area (Å²) in [4.78, 5) is 27.3. The van der Waals surface area contributed by atoms with Crippen molar-refractivity contribution in [2.75, 3.05) is 27.3 Å². The molecule has 2 rings (SSSR count). The second-order valence-electron chi connectivity index (χ2n) is 6.58. The highest BCUT2D eigenvalue weighted by Crippen LogP contribution is 2.61. The zero-order chi connectivity index (χ0) is 23.0. The number of nitrogens with zero attached hydrogens (tertiary/aromatic N) is 1. The van der Waals surface area contributed by atoms with Crippen molar-refractivity contribution in [3.05, 3.63) is 76.4 Å². The van der Waals surface area contributed by atoms with Crippen molar-refractivity contribution in [1.29, 1.82) is 0 Å². The van der Waals surface area contributed by atoms with Crippen LogP contribution in [0.5, 0.6) is 0 Å². The Kier molecular flexibility index (Phi) is 9.01. The van der Waals surface area contributed by atoms with Crippen LogP contribution in [0.1, 0.15) is 29.8 Å². The topological polar surface area (TPSA) is 84.9 Å². The maximum absolute atomic E-state index is 13.8. The number of likely N-dealkylation sites (N-methyl/N-ethyl adjacent to an activating group) is 1. The van der Waals surface area contributed by atoms with E-state index in [4.69, 9.17) is 20.6 Å². The quantitative estimate of drug-likeness (QED) is 0.426. The molecule has 2 aromatic carbocycles. The van der Waals surface area contributed by atoms with Crippen LogP contribution in [0.3, 0.4) is 0 Å². The molecule has 1 N–H and O–H groups in total. The molecule has 31 heavy (non-hydrogen) atoms. The molecule has 0 fully saturated rings. The van der Waals surface area contributed by atoms with Crippen LogP contribution in [0.25, 0.3) is 5.31 Å². The van der Waals surface area contributed by atoms with Crippen LogP contribution in [0, 0.1) is 0 Å². The van der Waals surface area contributed by atoms with E-state index in [9.17, 15) is 14.2 Å². The molecule has 7 nitrogen and oxygen atoms in total. The fourth-order valence-corrected chi connectivity index (χ4v) is 4.80. The van der Waals surface area contributed by atoms with Crippen LogP contribution >= 0.6 is 19.2 Å². The number of carbonyl (C=O) groups excluding carboxylic acids is 2. The van der Waals surface area contributed by atoms with Gasteiger partial charge in [0.1, 0.15) is 11.0 Å². The van der Waals surface area contributed by atoms with Gasteiger partial charge in [-0.2, -0.15) is 0 Å². The molecule has 0 atom stereocenters. The van der Waals surface area contributed by atoms with E-state index in [1.54, 1.807) is 68.4 Å². The summed E-state index contributed by atoms with van der Waals surface area (Å²) in [5.41, 5.74) is 0.532. The standard InChI is InChI=1S/C22H26ClN2O5P/c1-5-29-31(28,30-6-2)20(16-12-14-18(23)15-13-16)19(22(27)25(3)4)24-21(26)17-10-8-7-9-11-17/h7-15H,5-6H2,1-4H3,(H,24,26)/b20-19-. The van der Waals surface area contributed by atoms with Gasteiger partial charge in [0.15, 0.2) is 0 Å². The number of halogens is 1. The molecule has 0 saturated heterocycles. The van der Waals surface area contributed by atoms with Crippen molar-refractivity contribution in [2.24, 2.45) is 0 Å². The lowest BCUT2D eigenvalue weighted by Gasteiger charge is -2.25. The van der Waals surface area contributed by atoms with Crippen molar-refractivity contribution in [1.82, 2.24) is 10.2 Å². The number of hydrogen-bond donors (Lipinski definition) is 1. The average molecular weight is 465 g/mol. The Bertz CT molecular complexity index is 981. The lowest BCUT2D eigenvalue weighted by atomic mass is 10.1. The van der Waals surface area contributed by atoms with Gasteiger partial charge < -0.3 is 19.3 Å². The molecule has 0 heterocycles. The number of rotatable bonds is 9. The summed E-state index contributed by atoms with van der Waals surface area (Å²) in [6.45, 7) is 3.48. The first-order chi connectivity index (χ1) is 14.7. The van der Waals surface area contributed by atoms with Crippen LogP contribution < -0.4 is 5.32 Å². The summed E-state index contributed by atoms with van der Waals surface area (Å²) in [5, 5.41) is 3.06. The summed E-state index contributed by atoms with van der Waals surface area (Å²) in [5.74, 6) is -1.09. The van der Waals surface area contributed by atoms with E-state index in [1.807, 2.05) is 0 Å². The summed E-state index contributed by atoms with van der Waals surface area (Å²) in [6.07, 6.45) is 0. The van der Waals surface area contributed by atoms with Crippen molar-refractivity contribution < 1.29 is 23.2 Å². The van der Waals surface area contributed by atoms with Crippen molar-refractivity contribution >= 4 is 36.3 Å². The van der Waals surface area contributed by atoms with Gasteiger partial charge in [0.25, 0.3) is 11.8 Å². The van der Waals surface area contributed by atoms with Gasteiger partial charge >= 0.3 is 7.60 Å². The Hall–Kier alpha value is -2.44. The van der Waals surface area contributed by atoms with Crippen molar-refractivity contribution in [2.45, 2.75) is 13.8 Å². The predicted octanol–water partition coefficient (Wildman–Crippen LogP) is 4.79. The van der Waals surface area contributed by atoms with E-state index < -0.39 is 19.4 Å². The molecule has 166 valence electrons. The SMILES string of the molecule is CCOP(=O)(OCC)/C(=C(\NC(=O)c1ccccc1)C(=O)N(C)C)c1ccc(Cl)cc1. The van der Waals surface area contributed by atoms with E-state index in [0.717, 1.165) is 0 Å². The van der Waals surface area contributed by atoms with Crippen LogP contribution in [-0.4, -0.2) is 44.0 Å². The molecule has 0 aromatic heterocycles. The third-order valence-corrected chi connectivity index (χ3v) is 6.60. The van der Waals surface area contributed by atoms with E-state index in [2.05, 4.69) is 5.32 Å². The van der Waals surface area contributed by atoms with Gasteiger partial charge in [0.2, 0.25) is 0 Å². The number of benzene rings is 2. The molecule has 0 saturated carbocycles. The van der Waals surface area contributed by atoms with E-state index >= 15 is 0 Å². The average Bonchev–Trinajstić information content (AvgIpc) is 2.74. The van der Waals surface area contributed by atoms with Gasteiger partial charge in [0.05, 0.1) is 13.2 Å². The first-order valence-electron chi connectivity index (χ1n) is 9.71. The molecule has 0 unspecified atom stereocenters. The van der Waals surface area contributed by atoms with Gasteiger partial charge in [-0.1, -0.05) is 41.9 Å². The predicted molar refractivity (Wildman–Crippen MR) is 122 cm³/mol. The maximum atomic E-state index is 13.8. The Morgan fingerprint density at radius 3 is 1.97 bits per heavy atom. The van der Waals surface area contributed by atoms with E-state index in [1.165, 1.54) is 19.0 Å². The number of carbonyl (C=O) groups is 2. The minimum atomic E-state index is -3.99. The third-order valence-electron chi connectivity index (χ3n) is 4.12. The molecular weight excluding hydrogens is 439 g/mol. The number of nitrogens with one attached hydrogen (secondary N) is 1. The Morgan fingerprint density at radius 1 is 0.935 bits per heavy atom. The fraction of sp³-hybridized carbons (Fsp3) is 0.273. The van der Waals surface area contributed by atoms with Crippen LogP contribution in [0.4, 0.5) is 0 Å². The molecule has 0 aliphatic carbocycles. The molecular formula is C22H26ClN2O5P. The first kappa shape index (κ1) is 24.8. The monoisotopic (exact) mass is 464 g/mol. The highest BCUT2D eigenvalue weighted by Gasteiger charge is 2.37. The molecule has 9 heteroatoms. The summed E-state index contributed by atoms with van der Waals surface area (Å²) < 4.78 is 24.9. The normalized spacial score (nSPS) is 12.2. The summed E-state index contributed by atoms with van der Waals surface area (Å²) in [7, 11) is -0.929. The van der Waals surface area contributed by atoms with Crippen LogP contribution in [0.2, 0.25) is 5.02 Å². The highest BCUT2D eigenvalue weighted by molar-refractivity contribution is 7.65. The van der Waals surface area contributed by atoms with Gasteiger partial charge in [0, 0.05) is 24.7 Å². The minimum Gasteiger partial charge on any atom is -0.343 e. The Morgan fingerprint density at radius 2 is 1.48 bits per heavy atom. The highest BCUT2D eigenvalue weighted by atomic mass is 35.5. The van der Waals surface area contributed by atoms with Crippen molar-refractivity contribution in [3.63, 3.8) is 0 Å². The second kappa shape index (κ2) is 11.3. The van der Waals surface area contributed by atoms with Gasteiger partial charge in [-0.25, -0.2) is 0 Å². The van der Waals surface area contributed by atoms with Gasteiger partial charge in [-0.05, 0) is 43.7 Å². The summed E-state index contributed by atoms with van der Waals surface area (Å²) >= 11 is 6.02. The molecule has 0 aliphatic heterocycles. The Balaban J connectivity index is 2.78. The van der Waals surface area contributed by atoms with Crippen LogP contribution in [-0.2, 0) is 18.4 Å². The Labute approximate surface area is 187 Å². The lowest BCUT2D eigenvalue weighted by Crippen LogP contribution is -2.35. The minimum absolute atomic E-state index is 0.0316. The zero-order valence-electron chi connectivity index (χ0n) is 17.9. The summed E-state index contributed by atoms with van der Waals surface area (Å²) in [6, 6.07) is 14.8. The largest absolute Gasteiger partial charge is 0.364 e. The van der Waals surface area contributed by atoms with E-state index in [-0.39, 0.29) is 24.2 Å². The first-order valence-corrected chi connectivity index (χ1v) is 11.6.